The Bertz CT molecular complexity index is 312. The first-order valence-corrected chi connectivity index (χ1v) is 4.61. The topological polar surface area (TPSA) is 74.2 Å². The third kappa shape index (κ3) is 2.14. The van der Waals surface area contributed by atoms with Crippen molar-refractivity contribution in [3.8, 4) is 5.88 Å². The number of aromatic nitrogens is 1. The summed E-state index contributed by atoms with van der Waals surface area (Å²) in [5, 5.41) is 0. The smallest absolute Gasteiger partial charge is 0.217 e. The Balaban J connectivity index is 3.10. The van der Waals surface area contributed by atoms with E-state index in [1.165, 1.54) is 0 Å². The fourth-order valence-corrected chi connectivity index (χ4v) is 1.25. The van der Waals surface area contributed by atoms with E-state index in [1.807, 2.05) is 19.9 Å². The molecule has 1 heterocycles. The van der Waals surface area contributed by atoms with Crippen LogP contribution in [0, 0.1) is 5.92 Å². The van der Waals surface area contributed by atoms with Gasteiger partial charge in [-0.05, 0) is 12.0 Å². The first-order chi connectivity index (χ1) is 6.56. The highest BCUT2D eigenvalue weighted by Gasteiger charge is 2.16. The van der Waals surface area contributed by atoms with Gasteiger partial charge in [0.1, 0.15) is 0 Å². The summed E-state index contributed by atoms with van der Waals surface area (Å²) in [6.45, 7) is 4.10. The minimum Gasteiger partial charge on any atom is -0.481 e. The van der Waals surface area contributed by atoms with Gasteiger partial charge in [-0.25, -0.2) is 4.98 Å². The largest absolute Gasteiger partial charge is 0.481 e. The summed E-state index contributed by atoms with van der Waals surface area (Å²) in [6, 6.07) is 1.72. The summed E-state index contributed by atoms with van der Waals surface area (Å²) in [6.07, 6.45) is 1.56. The molecule has 1 aromatic rings. The molecule has 0 aliphatic carbocycles. The predicted molar refractivity (Wildman–Crippen MR) is 57.0 cm³/mol. The first-order valence-electron chi connectivity index (χ1n) is 4.61. The van der Waals surface area contributed by atoms with Crippen LogP contribution in [0.25, 0.3) is 0 Å². The molecule has 0 spiro atoms. The lowest BCUT2D eigenvalue weighted by molar-refractivity contribution is 0.380. The SMILES string of the molecule is COc1ncc(N)cc1[C@@H](N)C(C)C. The molecule has 0 aliphatic rings. The molecule has 4 heteroatoms. The quantitative estimate of drug-likeness (QED) is 0.763. The van der Waals surface area contributed by atoms with Gasteiger partial charge in [0.2, 0.25) is 5.88 Å². The molecule has 0 unspecified atom stereocenters. The maximum absolute atomic E-state index is 6.01. The number of anilines is 1. The van der Waals surface area contributed by atoms with Crippen molar-refractivity contribution in [2.45, 2.75) is 19.9 Å². The summed E-state index contributed by atoms with van der Waals surface area (Å²) in [5.41, 5.74) is 13.1. The van der Waals surface area contributed by atoms with Crippen molar-refractivity contribution in [2.24, 2.45) is 11.7 Å². The van der Waals surface area contributed by atoms with Gasteiger partial charge in [-0.3, -0.25) is 0 Å². The van der Waals surface area contributed by atoms with E-state index in [9.17, 15) is 0 Å². The van der Waals surface area contributed by atoms with Gasteiger partial charge in [-0.1, -0.05) is 13.8 Å². The molecule has 0 aromatic carbocycles. The Labute approximate surface area is 84.3 Å². The molecule has 78 valence electrons. The van der Waals surface area contributed by atoms with E-state index in [4.69, 9.17) is 16.2 Å². The number of nitrogen functional groups attached to an aromatic ring is 1. The Morgan fingerprint density at radius 3 is 2.57 bits per heavy atom. The fraction of sp³-hybridized carbons (Fsp3) is 0.500. The van der Waals surface area contributed by atoms with E-state index < -0.39 is 0 Å². The van der Waals surface area contributed by atoms with Crippen LogP contribution in [0.4, 0.5) is 5.69 Å². The molecule has 1 atom stereocenters. The normalized spacial score (nSPS) is 12.9. The second-order valence-electron chi connectivity index (χ2n) is 3.64. The van der Waals surface area contributed by atoms with Crippen LogP contribution in [0.3, 0.4) is 0 Å². The lowest BCUT2D eigenvalue weighted by Crippen LogP contribution is -2.18. The fourth-order valence-electron chi connectivity index (χ4n) is 1.25. The second kappa shape index (κ2) is 4.28. The summed E-state index contributed by atoms with van der Waals surface area (Å²) in [5.74, 6) is 0.882. The number of rotatable bonds is 3. The van der Waals surface area contributed by atoms with Crippen molar-refractivity contribution in [1.82, 2.24) is 4.98 Å². The van der Waals surface area contributed by atoms with E-state index in [-0.39, 0.29) is 6.04 Å². The van der Waals surface area contributed by atoms with Crippen LogP contribution in [0.2, 0.25) is 0 Å². The number of hydrogen-bond acceptors (Lipinski definition) is 4. The Hall–Kier alpha value is -1.29. The van der Waals surface area contributed by atoms with Gasteiger partial charge in [-0.2, -0.15) is 0 Å². The molecular weight excluding hydrogens is 178 g/mol. The maximum Gasteiger partial charge on any atom is 0.217 e. The van der Waals surface area contributed by atoms with Gasteiger partial charge in [-0.15, -0.1) is 0 Å². The van der Waals surface area contributed by atoms with Crippen LogP contribution >= 0.6 is 0 Å². The Morgan fingerprint density at radius 1 is 1.43 bits per heavy atom. The number of ether oxygens (including phenoxy) is 1. The number of nitrogens with two attached hydrogens (primary N) is 2. The van der Waals surface area contributed by atoms with Gasteiger partial charge < -0.3 is 16.2 Å². The zero-order valence-corrected chi connectivity index (χ0v) is 8.82. The van der Waals surface area contributed by atoms with Crippen molar-refractivity contribution in [3.05, 3.63) is 17.8 Å². The highest BCUT2D eigenvalue weighted by atomic mass is 16.5. The molecule has 1 rings (SSSR count). The van der Waals surface area contributed by atoms with Crippen molar-refractivity contribution in [1.29, 1.82) is 0 Å². The van der Waals surface area contributed by atoms with Gasteiger partial charge in [0.25, 0.3) is 0 Å². The minimum atomic E-state index is -0.0963. The van der Waals surface area contributed by atoms with Crippen LogP contribution < -0.4 is 16.2 Å². The average Bonchev–Trinajstić information content (AvgIpc) is 2.16. The first kappa shape index (κ1) is 10.8. The van der Waals surface area contributed by atoms with Crippen LogP contribution in [0.5, 0.6) is 5.88 Å². The van der Waals surface area contributed by atoms with Crippen molar-refractivity contribution in [3.63, 3.8) is 0 Å². The van der Waals surface area contributed by atoms with Gasteiger partial charge in [0.15, 0.2) is 0 Å². The Kier molecular flexibility index (Phi) is 3.30. The molecule has 0 radical (unpaired) electrons. The third-order valence-electron chi connectivity index (χ3n) is 2.17. The van der Waals surface area contributed by atoms with Crippen LogP contribution in [-0.4, -0.2) is 12.1 Å². The molecular formula is C10H17N3O. The molecule has 0 saturated carbocycles. The number of hydrogen-bond donors (Lipinski definition) is 2. The van der Waals surface area contributed by atoms with Crippen molar-refractivity contribution >= 4 is 5.69 Å². The van der Waals surface area contributed by atoms with Crippen LogP contribution in [0.15, 0.2) is 12.3 Å². The molecule has 1 aromatic heterocycles. The minimum absolute atomic E-state index is 0.0963. The summed E-state index contributed by atoms with van der Waals surface area (Å²) >= 11 is 0. The lowest BCUT2D eigenvalue weighted by atomic mass is 9.98. The average molecular weight is 195 g/mol. The molecule has 0 saturated heterocycles. The van der Waals surface area contributed by atoms with Crippen LogP contribution in [0.1, 0.15) is 25.5 Å². The molecule has 4 nitrogen and oxygen atoms in total. The van der Waals surface area contributed by atoms with Gasteiger partial charge in [0.05, 0.1) is 19.0 Å². The highest BCUT2D eigenvalue weighted by molar-refractivity contribution is 5.44. The predicted octanol–water partition coefficient (Wildman–Crippen LogP) is 1.33. The van der Waals surface area contributed by atoms with Gasteiger partial charge in [0, 0.05) is 11.6 Å². The highest BCUT2D eigenvalue weighted by Crippen LogP contribution is 2.27. The monoisotopic (exact) mass is 195 g/mol. The number of methoxy groups -OCH3 is 1. The molecule has 0 bridgehead atoms. The second-order valence-corrected chi connectivity index (χ2v) is 3.64. The third-order valence-corrected chi connectivity index (χ3v) is 2.17. The summed E-state index contributed by atoms with van der Waals surface area (Å²) < 4.78 is 5.12. The molecule has 0 fully saturated rings. The number of nitrogens with zero attached hydrogens (tertiary/aromatic N) is 1. The van der Waals surface area contributed by atoms with E-state index >= 15 is 0 Å². The maximum atomic E-state index is 6.01. The molecule has 0 amide bonds. The van der Waals surface area contributed by atoms with E-state index in [0.29, 0.717) is 17.5 Å². The lowest BCUT2D eigenvalue weighted by Gasteiger charge is -2.18. The summed E-state index contributed by atoms with van der Waals surface area (Å²) in [4.78, 5) is 4.07. The van der Waals surface area contributed by atoms with Crippen molar-refractivity contribution < 1.29 is 4.74 Å². The van der Waals surface area contributed by atoms with Crippen molar-refractivity contribution in [2.75, 3.05) is 12.8 Å². The summed E-state index contributed by atoms with van der Waals surface area (Å²) in [7, 11) is 1.58. The van der Waals surface area contributed by atoms with E-state index in [1.54, 1.807) is 13.3 Å². The zero-order chi connectivity index (χ0) is 10.7. The molecule has 14 heavy (non-hydrogen) atoms. The van der Waals surface area contributed by atoms with Crippen LogP contribution in [-0.2, 0) is 0 Å². The Morgan fingerprint density at radius 2 is 2.07 bits per heavy atom. The molecule has 4 N–H and O–H groups in total. The van der Waals surface area contributed by atoms with E-state index in [2.05, 4.69) is 4.98 Å². The molecule has 0 aliphatic heterocycles. The standard InChI is InChI=1S/C10H17N3O/c1-6(2)9(12)8-4-7(11)5-13-10(8)14-3/h4-6,9H,11-12H2,1-3H3/t9-/m0/s1. The zero-order valence-electron chi connectivity index (χ0n) is 8.82. The number of pyridine rings is 1. The van der Waals surface area contributed by atoms with Gasteiger partial charge >= 0.3 is 0 Å². The van der Waals surface area contributed by atoms with E-state index in [0.717, 1.165) is 5.56 Å².